The van der Waals surface area contributed by atoms with Crippen molar-refractivity contribution in [1.29, 1.82) is 0 Å². The van der Waals surface area contributed by atoms with Gasteiger partial charge in [0.1, 0.15) is 0 Å². The molecule has 2 aromatic rings. The molecule has 0 radical (unpaired) electrons. The zero-order chi connectivity index (χ0) is 20.0. The van der Waals surface area contributed by atoms with Crippen molar-refractivity contribution in [3.63, 3.8) is 0 Å². The average Bonchev–Trinajstić information content (AvgIpc) is 2.60. The number of hydrogen-bond acceptors (Lipinski definition) is 4. The van der Waals surface area contributed by atoms with Crippen molar-refractivity contribution in [3.8, 4) is 0 Å². The van der Waals surface area contributed by atoms with Crippen molar-refractivity contribution >= 4 is 21.6 Å². The van der Waals surface area contributed by atoms with Crippen molar-refractivity contribution in [2.24, 2.45) is 0 Å². The van der Waals surface area contributed by atoms with Gasteiger partial charge in [-0.05, 0) is 70.2 Å². The number of amides is 1. The summed E-state index contributed by atoms with van der Waals surface area (Å²) >= 11 is 0. The first-order chi connectivity index (χ1) is 12.7. The first-order valence-corrected chi connectivity index (χ1v) is 10.3. The highest BCUT2D eigenvalue weighted by Crippen LogP contribution is 2.23. The van der Waals surface area contributed by atoms with Gasteiger partial charge in [-0.2, -0.15) is 0 Å². The summed E-state index contributed by atoms with van der Waals surface area (Å²) in [6, 6.07) is 11.9. The van der Waals surface area contributed by atoms with Gasteiger partial charge in [0.05, 0.1) is 16.1 Å². The second kappa shape index (κ2) is 9.01. The Balaban J connectivity index is 2.20. The average molecular weight is 390 g/mol. The molecular weight excluding hydrogens is 362 g/mol. The fraction of sp³-hybridized carbons (Fsp3) is 0.350. The van der Waals surface area contributed by atoms with Crippen molar-refractivity contribution in [2.45, 2.75) is 25.2 Å². The highest BCUT2D eigenvalue weighted by Gasteiger charge is 2.20. The normalized spacial score (nSPS) is 11.4. The lowest BCUT2D eigenvalue weighted by Gasteiger charge is -2.15. The molecule has 0 spiro atoms. The van der Waals surface area contributed by atoms with Gasteiger partial charge in [0.2, 0.25) is 0 Å². The summed E-state index contributed by atoms with van der Waals surface area (Å²) in [5.41, 5.74) is 2.08. The number of para-hydroxylation sites is 1. The largest absolute Gasteiger partial charge is 0.352 e. The molecule has 146 valence electrons. The summed E-state index contributed by atoms with van der Waals surface area (Å²) in [7, 11) is 0.147. The molecule has 0 aliphatic carbocycles. The number of carbonyl (C=O) groups is 1. The molecule has 0 atom stereocenters. The highest BCUT2D eigenvalue weighted by molar-refractivity contribution is 7.92. The van der Waals surface area contributed by atoms with Crippen molar-refractivity contribution < 1.29 is 13.2 Å². The van der Waals surface area contributed by atoms with Gasteiger partial charge in [0.25, 0.3) is 15.9 Å². The highest BCUT2D eigenvalue weighted by atomic mass is 32.2. The van der Waals surface area contributed by atoms with Crippen LogP contribution in [0.1, 0.15) is 27.9 Å². The third kappa shape index (κ3) is 5.80. The SMILES string of the molecule is Cc1ccc(C)c(S(=O)(=O)Nc2ccccc2C(=O)NCCCN(C)C)c1. The monoisotopic (exact) mass is 389 g/mol. The Kier molecular flexibility index (Phi) is 6.98. The minimum Gasteiger partial charge on any atom is -0.352 e. The lowest BCUT2D eigenvalue weighted by atomic mass is 10.1. The third-order valence-corrected chi connectivity index (χ3v) is 5.62. The van der Waals surface area contributed by atoms with E-state index in [0.29, 0.717) is 17.7 Å². The summed E-state index contributed by atoms with van der Waals surface area (Å²) in [5.74, 6) is -0.298. The molecule has 0 heterocycles. The van der Waals surface area contributed by atoms with Crippen LogP contribution < -0.4 is 10.0 Å². The molecule has 0 unspecified atom stereocenters. The number of rotatable bonds is 8. The van der Waals surface area contributed by atoms with Gasteiger partial charge in [-0.1, -0.05) is 24.3 Å². The van der Waals surface area contributed by atoms with Crippen LogP contribution in [0.2, 0.25) is 0 Å². The van der Waals surface area contributed by atoms with E-state index in [2.05, 4.69) is 10.0 Å². The topological polar surface area (TPSA) is 78.5 Å². The molecule has 2 rings (SSSR count). The molecule has 0 aliphatic rings. The third-order valence-electron chi connectivity index (χ3n) is 4.12. The van der Waals surface area contributed by atoms with Crippen LogP contribution in [0.4, 0.5) is 5.69 Å². The summed E-state index contributed by atoms with van der Waals surface area (Å²) in [5, 5.41) is 2.84. The molecule has 7 heteroatoms. The first-order valence-electron chi connectivity index (χ1n) is 8.83. The fourth-order valence-electron chi connectivity index (χ4n) is 2.66. The molecule has 27 heavy (non-hydrogen) atoms. The second-order valence-electron chi connectivity index (χ2n) is 6.83. The Bertz CT molecular complexity index is 908. The summed E-state index contributed by atoms with van der Waals surface area (Å²) < 4.78 is 28.2. The van der Waals surface area contributed by atoms with E-state index >= 15 is 0 Å². The fourth-order valence-corrected chi connectivity index (χ4v) is 4.07. The Labute approximate surface area is 161 Å². The van der Waals surface area contributed by atoms with E-state index in [0.717, 1.165) is 18.5 Å². The Morgan fingerprint density at radius 1 is 1.07 bits per heavy atom. The van der Waals surface area contributed by atoms with E-state index in [9.17, 15) is 13.2 Å². The maximum absolute atomic E-state index is 12.8. The van der Waals surface area contributed by atoms with Gasteiger partial charge in [0, 0.05) is 6.54 Å². The van der Waals surface area contributed by atoms with Gasteiger partial charge in [-0.25, -0.2) is 8.42 Å². The van der Waals surface area contributed by atoms with Gasteiger partial charge >= 0.3 is 0 Å². The number of aryl methyl sites for hydroxylation is 2. The molecule has 0 saturated carbocycles. The molecule has 1 amide bonds. The minimum absolute atomic E-state index is 0.212. The molecule has 0 fully saturated rings. The molecule has 2 N–H and O–H groups in total. The molecule has 0 saturated heterocycles. The Morgan fingerprint density at radius 3 is 2.48 bits per heavy atom. The van der Waals surface area contributed by atoms with Crippen molar-refractivity contribution in [2.75, 3.05) is 31.9 Å². The van der Waals surface area contributed by atoms with Gasteiger partial charge in [-0.3, -0.25) is 9.52 Å². The maximum Gasteiger partial charge on any atom is 0.262 e. The molecule has 0 aromatic heterocycles. The van der Waals surface area contributed by atoms with E-state index in [1.165, 1.54) is 0 Å². The molecular formula is C20H27N3O3S. The standard InChI is InChI=1S/C20H27N3O3S/c1-15-10-11-16(2)19(14-15)27(25,26)22-18-9-6-5-8-17(18)20(24)21-12-7-13-23(3)4/h5-6,8-11,14,22H,7,12-13H2,1-4H3,(H,21,24). The summed E-state index contributed by atoms with van der Waals surface area (Å²) in [6.07, 6.45) is 0.815. The van der Waals surface area contributed by atoms with Crippen LogP contribution >= 0.6 is 0 Å². The number of benzene rings is 2. The first kappa shape index (κ1) is 20.9. The van der Waals surface area contributed by atoms with Crippen LogP contribution in [0.3, 0.4) is 0 Å². The number of hydrogen-bond donors (Lipinski definition) is 2. The molecule has 0 bridgehead atoms. The van der Waals surface area contributed by atoms with E-state index in [-0.39, 0.29) is 16.5 Å². The molecule has 2 aromatic carbocycles. The predicted molar refractivity (Wildman–Crippen MR) is 109 cm³/mol. The van der Waals surface area contributed by atoms with Crippen LogP contribution in [0, 0.1) is 13.8 Å². The second-order valence-corrected chi connectivity index (χ2v) is 8.48. The zero-order valence-electron chi connectivity index (χ0n) is 16.2. The number of nitrogens with zero attached hydrogens (tertiary/aromatic N) is 1. The van der Waals surface area contributed by atoms with E-state index in [4.69, 9.17) is 0 Å². The van der Waals surface area contributed by atoms with E-state index in [1.807, 2.05) is 32.0 Å². The number of sulfonamides is 1. The maximum atomic E-state index is 12.8. The van der Waals surface area contributed by atoms with Crippen LogP contribution in [0.25, 0.3) is 0 Å². The van der Waals surface area contributed by atoms with E-state index < -0.39 is 10.0 Å². The molecule has 6 nitrogen and oxygen atoms in total. The Hall–Kier alpha value is -2.38. The number of carbonyl (C=O) groups excluding carboxylic acids is 1. The van der Waals surface area contributed by atoms with Crippen LogP contribution in [0.15, 0.2) is 47.4 Å². The van der Waals surface area contributed by atoms with E-state index in [1.54, 1.807) is 43.3 Å². The smallest absolute Gasteiger partial charge is 0.262 e. The quantitative estimate of drug-likeness (QED) is 0.681. The summed E-state index contributed by atoms with van der Waals surface area (Å²) in [4.78, 5) is 14.7. The van der Waals surface area contributed by atoms with Crippen LogP contribution in [-0.2, 0) is 10.0 Å². The van der Waals surface area contributed by atoms with Gasteiger partial charge in [-0.15, -0.1) is 0 Å². The number of nitrogens with one attached hydrogen (secondary N) is 2. The predicted octanol–water partition coefficient (Wildman–Crippen LogP) is 2.79. The lowest BCUT2D eigenvalue weighted by molar-refractivity contribution is 0.0953. The molecule has 0 aliphatic heterocycles. The minimum atomic E-state index is -3.80. The Morgan fingerprint density at radius 2 is 1.78 bits per heavy atom. The lowest BCUT2D eigenvalue weighted by Crippen LogP contribution is -2.28. The summed E-state index contributed by atoms with van der Waals surface area (Å²) in [6.45, 7) is 4.97. The van der Waals surface area contributed by atoms with Crippen LogP contribution in [0.5, 0.6) is 0 Å². The van der Waals surface area contributed by atoms with Crippen LogP contribution in [-0.4, -0.2) is 46.4 Å². The van der Waals surface area contributed by atoms with Gasteiger partial charge < -0.3 is 10.2 Å². The zero-order valence-corrected chi connectivity index (χ0v) is 17.1. The van der Waals surface area contributed by atoms with Crippen molar-refractivity contribution in [3.05, 3.63) is 59.2 Å². The van der Waals surface area contributed by atoms with Crippen molar-refractivity contribution in [1.82, 2.24) is 10.2 Å². The van der Waals surface area contributed by atoms with Gasteiger partial charge in [0.15, 0.2) is 0 Å². The number of anilines is 1.